The molecular weight excluding hydrogens is 404 g/mol. The van der Waals surface area contributed by atoms with Crippen LogP contribution in [0.2, 0.25) is 0 Å². The third-order valence-electron chi connectivity index (χ3n) is 5.25. The molecule has 3 aromatic rings. The third kappa shape index (κ3) is 4.70. The van der Waals surface area contributed by atoms with Crippen molar-refractivity contribution in [3.63, 3.8) is 0 Å². The first-order valence-electron chi connectivity index (χ1n) is 10.6. The number of hydrogen-bond donors (Lipinski definition) is 1. The van der Waals surface area contributed by atoms with Crippen LogP contribution >= 0.6 is 0 Å². The summed E-state index contributed by atoms with van der Waals surface area (Å²) in [6.45, 7) is 2.59. The third-order valence-corrected chi connectivity index (χ3v) is 5.25. The number of benzene rings is 2. The SMILES string of the molecule is CCOC(=O)c1cccc(C=CCNC(=O)OCC2c3ccccc3-c3ccccc32)n1. The van der Waals surface area contributed by atoms with Crippen molar-refractivity contribution < 1.29 is 19.1 Å². The lowest BCUT2D eigenvalue weighted by Crippen LogP contribution is -2.26. The van der Waals surface area contributed by atoms with E-state index < -0.39 is 12.1 Å². The van der Waals surface area contributed by atoms with Crippen molar-refractivity contribution in [2.45, 2.75) is 12.8 Å². The summed E-state index contributed by atoms with van der Waals surface area (Å²) < 4.78 is 10.5. The van der Waals surface area contributed by atoms with Crippen molar-refractivity contribution in [2.24, 2.45) is 0 Å². The van der Waals surface area contributed by atoms with E-state index in [-0.39, 0.29) is 24.8 Å². The highest BCUT2D eigenvalue weighted by Crippen LogP contribution is 2.44. The highest BCUT2D eigenvalue weighted by atomic mass is 16.5. The van der Waals surface area contributed by atoms with Gasteiger partial charge in [-0.05, 0) is 47.4 Å². The Morgan fingerprint density at radius 3 is 2.31 bits per heavy atom. The second kappa shape index (κ2) is 9.92. The number of pyridine rings is 1. The lowest BCUT2D eigenvalue weighted by atomic mass is 9.98. The van der Waals surface area contributed by atoms with Gasteiger partial charge in [0.25, 0.3) is 0 Å². The number of amides is 1. The molecule has 0 unspecified atom stereocenters. The van der Waals surface area contributed by atoms with Gasteiger partial charge in [0.2, 0.25) is 0 Å². The van der Waals surface area contributed by atoms with E-state index in [0.29, 0.717) is 12.3 Å². The van der Waals surface area contributed by atoms with Gasteiger partial charge in [0.15, 0.2) is 0 Å². The van der Waals surface area contributed by atoms with E-state index in [4.69, 9.17) is 9.47 Å². The molecule has 0 saturated heterocycles. The predicted molar refractivity (Wildman–Crippen MR) is 122 cm³/mol. The van der Waals surface area contributed by atoms with Gasteiger partial charge in [0, 0.05) is 12.5 Å². The summed E-state index contributed by atoms with van der Waals surface area (Å²) >= 11 is 0. The van der Waals surface area contributed by atoms with E-state index in [1.165, 1.54) is 22.3 Å². The molecule has 0 saturated carbocycles. The van der Waals surface area contributed by atoms with Gasteiger partial charge in [0.05, 0.1) is 12.3 Å². The molecule has 4 rings (SSSR count). The lowest BCUT2D eigenvalue weighted by molar-refractivity contribution is 0.0519. The fourth-order valence-corrected chi connectivity index (χ4v) is 3.83. The van der Waals surface area contributed by atoms with Crippen molar-refractivity contribution in [2.75, 3.05) is 19.8 Å². The molecule has 1 aliphatic carbocycles. The first-order chi connectivity index (χ1) is 15.7. The molecule has 0 fully saturated rings. The van der Waals surface area contributed by atoms with Crippen molar-refractivity contribution >= 4 is 18.1 Å². The topological polar surface area (TPSA) is 77.5 Å². The molecule has 0 bridgehead atoms. The Bertz CT molecular complexity index is 1110. The average molecular weight is 428 g/mol. The van der Waals surface area contributed by atoms with Crippen LogP contribution in [0.1, 0.15) is 40.2 Å². The summed E-state index contributed by atoms with van der Waals surface area (Å²) in [5.41, 5.74) is 5.58. The van der Waals surface area contributed by atoms with Gasteiger partial charge < -0.3 is 14.8 Å². The smallest absolute Gasteiger partial charge is 0.407 e. The maximum absolute atomic E-state index is 12.2. The zero-order valence-corrected chi connectivity index (χ0v) is 17.8. The average Bonchev–Trinajstić information content (AvgIpc) is 3.15. The van der Waals surface area contributed by atoms with Gasteiger partial charge >= 0.3 is 12.1 Å². The Kier molecular flexibility index (Phi) is 6.60. The highest BCUT2D eigenvalue weighted by Gasteiger charge is 2.28. The Morgan fingerprint density at radius 1 is 0.938 bits per heavy atom. The molecule has 1 N–H and O–H groups in total. The van der Waals surface area contributed by atoms with Crippen LogP contribution in [-0.2, 0) is 9.47 Å². The minimum Gasteiger partial charge on any atom is -0.461 e. The molecule has 0 atom stereocenters. The molecular formula is C26H24N2O4. The summed E-state index contributed by atoms with van der Waals surface area (Å²) in [7, 11) is 0. The minimum atomic E-state index is -0.482. The number of carbonyl (C=O) groups excluding carboxylic acids is 2. The number of esters is 1. The number of carbonyl (C=O) groups is 2. The van der Waals surface area contributed by atoms with Crippen LogP contribution < -0.4 is 5.32 Å². The number of alkyl carbamates (subject to hydrolysis) is 1. The normalized spacial score (nSPS) is 12.3. The lowest BCUT2D eigenvalue weighted by Gasteiger charge is -2.14. The summed E-state index contributed by atoms with van der Waals surface area (Å²) in [6, 6.07) is 21.5. The molecule has 1 heterocycles. The molecule has 1 amide bonds. The van der Waals surface area contributed by atoms with Crippen LogP contribution in [0, 0.1) is 0 Å². The maximum atomic E-state index is 12.2. The van der Waals surface area contributed by atoms with Gasteiger partial charge in [-0.15, -0.1) is 0 Å². The van der Waals surface area contributed by atoms with Crippen molar-refractivity contribution in [1.82, 2.24) is 10.3 Å². The number of nitrogens with zero attached hydrogens (tertiary/aromatic N) is 1. The Morgan fingerprint density at radius 2 is 1.62 bits per heavy atom. The summed E-state index contributed by atoms with van der Waals surface area (Å²) in [5.74, 6) is -0.432. The number of nitrogens with one attached hydrogen (secondary N) is 1. The molecule has 0 aliphatic heterocycles. The minimum absolute atomic E-state index is 0.0264. The van der Waals surface area contributed by atoms with Crippen molar-refractivity contribution in [3.8, 4) is 11.1 Å². The fourth-order valence-electron chi connectivity index (χ4n) is 3.83. The second-order valence-electron chi connectivity index (χ2n) is 7.28. The number of fused-ring (bicyclic) bond motifs is 3. The van der Waals surface area contributed by atoms with Crippen LogP contribution in [0.3, 0.4) is 0 Å². The van der Waals surface area contributed by atoms with Crippen LogP contribution in [-0.4, -0.2) is 36.8 Å². The largest absolute Gasteiger partial charge is 0.461 e. The molecule has 0 radical (unpaired) electrons. The standard InChI is InChI=1S/C26H24N2O4/c1-2-31-25(29)24-15-7-9-18(28-24)10-8-16-27-26(30)32-17-23-21-13-5-3-11-19(21)20-12-4-6-14-22(20)23/h3-15,23H,2,16-17H2,1H3,(H,27,30). The first kappa shape index (κ1) is 21.3. The molecule has 162 valence electrons. The van der Waals surface area contributed by atoms with Gasteiger partial charge in [-0.3, -0.25) is 0 Å². The molecule has 6 heteroatoms. The van der Waals surface area contributed by atoms with Crippen LogP contribution in [0.25, 0.3) is 17.2 Å². The van der Waals surface area contributed by atoms with Crippen LogP contribution in [0.5, 0.6) is 0 Å². The zero-order valence-electron chi connectivity index (χ0n) is 17.8. The molecule has 6 nitrogen and oxygen atoms in total. The number of hydrogen-bond acceptors (Lipinski definition) is 5. The van der Waals surface area contributed by atoms with Crippen molar-refractivity contribution in [3.05, 3.63) is 95.3 Å². The predicted octanol–water partition coefficient (Wildman–Crippen LogP) is 4.81. The molecule has 2 aromatic carbocycles. The number of aromatic nitrogens is 1. The second-order valence-corrected chi connectivity index (χ2v) is 7.28. The van der Waals surface area contributed by atoms with E-state index in [1.54, 1.807) is 37.3 Å². The monoisotopic (exact) mass is 428 g/mol. The van der Waals surface area contributed by atoms with Gasteiger partial charge in [-0.2, -0.15) is 0 Å². The Balaban J connectivity index is 1.30. The summed E-state index contributed by atoms with van der Waals surface area (Å²) in [4.78, 5) is 28.2. The number of ether oxygens (including phenoxy) is 2. The van der Waals surface area contributed by atoms with Crippen LogP contribution in [0.4, 0.5) is 4.79 Å². The van der Waals surface area contributed by atoms with E-state index in [2.05, 4.69) is 34.6 Å². The highest BCUT2D eigenvalue weighted by molar-refractivity contribution is 5.87. The summed E-state index contributed by atoms with van der Waals surface area (Å²) in [6.07, 6.45) is 3.00. The van der Waals surface area contributed by atoms with Crippen molar-refractivity contribution in [1.29, 1.82) is 0 Å². The quantitative estimate of drug-likeness (QED) is 0.547. The fraction of sp³-hybridized carbons (Fsp3) is 0.192. The van der Waals surface area contributed by atoms with E-state index >= 15 is 0 Å². The Labute approximate surface area is 186 Å². The molecule has 1 aromatic heterocycles. The van der Waals surface area contributed by atoms with E-state index in [9.17, 15) is 9.59 Å². The van der Waals surface area contributed by atoms with Gasteiger partial charge in [-0.1, -0.05) is 60.7 Å². The molecule has 0 spiro atoms. The summed E-state index contributed by atoms with van der Waals surface area (Å²) in [5, 5.41) is 2.72. The van der Waals surface area contributed by atoms with Gasteiger partial charge in [0.1, 0.15) is 12.3 Å². The van der Waals surface area contributed by atoms with E-state index in [0.717, 1.165) is 0 Å². The van der Waals surface area contributed by atoms with Gasteiger partial charge in [-0.25, -0.2) is 14.6 Å². The van der Waals surface area contributed by atoms with E-state index in [1.807, 2.05) is 24.3 Å². The molecule has 32 heavy (non-hydrogen) atoms. The molecule has 1 aliphatic rings. The first-order valence-corrected chi connectivity index (χ1v) is 10.6. The Hall–Kier alpha value is -3.93. The number of rotatable bonds is 7. The maximum Gasteiger partial charge on any atom is 0.407 e. The zero-order chi connectivity index (χ0) is 22.3. The van der Waals surface area contributed by atoms with Crippen LogP contribution in [0.15, 0.2) is 72.8 Å².